The number of benzene rings is 1. The molecule has 0 aliphatic heterocycles. The lowest BCUT2D eigenvalue weighted by molar-refractivity contribution is 0.0704. The molecule has 1 heterocycles. The molecule has 1 atom stereocenters. The highest BCUT2D eigenvalue weighted by Gasteiger charge is 2.37. The number of carbonyl (C=O) groups excluding carboxylic acids is 2. The van der Waals surface area contributed by atoms with Crippen molar-refractivity contribution in [2.75, 3.05) is 7.05 Å². The van der Waals surface area contributed by atoms with Gasteiger partial charge >= 0.3 is 0 Å². The molecule has 1 aliphatic rings. The van der Waals surface area contributed by atoms with E-state index in [0.29, 0.717) is 35.3 Å². The normalized spacial score (nSPS) is 16.8. The molecule has 6 heteroatoms. The summed E-state index contributed by atoms with van der Waals surface area (Å²) >= 11 is 0. The van der Waals surface area contributed by atoms with Crippen LogP contribution < -0.4 is 0 Å². The number of ketones is 1. The topological polar surface area (TPSA) is 50.5 Å². The lowest BCUT2D eigenvalue weighted by Crippen LogP contribution is -2.30. The van der Waals surface area contributed by atoms with Gasteiger partial charge < -0.3 is 9.32 Å². The molecule has 1 aliphatic carbocycles. The minimum atomic E-state index is -0.960. The van der Waals surface area contributed by atoms with E-state index >= 15 is 0 Å². The first kappa shape index (κ1) is 19.3. The van der Waals surface area contributed by atoms with Gasteiger partial charge in [0.2, 0.25) is 0 Å². The van der Waals surface area contributed by atoms with Gasteiger partial charge in [-0.25, -0.2) is 8.78 Å². The summed E-state index contributed by atoms with van der Waals surface area (Å²) in [5.74, 6) is -1.63. The number of hydrogen-bond acceptors (Lipinski definition) is 3. The van der Waals surface area contributed by atoms with E-state index in [1.54, 1.807) is 20.9 Å². The molecule has 0 fully saturated rings. The maximum Gasteiger partial charge on any atom is 0.290 e. The zero-order chi connectivity index (χ0) is 20.1. The van der Waals surface area contributed by atoms with Crippen LogP contribution in [0.25, 0.3) is 0 Å². The molecule has 4 nitrogen and oxygen atoms in total. The van der Waals surface area contributed by atoms with Crippen LogP contribution in [0.4, 0.5) is 8.78 Å². The summed E-state index contributed by atoms with van der Waals surface area (Å²) in [5, 5.41) is 0. The lowest BCUT2D eigenvalue weighted by Gasteiger charge is -2.27. The van der Waals surface area contributed by atoms with Crippen molar-refractivity contribution in [3.63, 3.8) is 0 Å². The van der Waals surface area contributed by atoms with E-state index in [2.05, 4.69) is 0 Å². The molecule has 0 saturated carbocycles. The van der Waals surface area contributed by atoms with Gasteiger partial charge in [-0.1, -0.05) is 19.9 Å². The van der Waals surface area contributed by atoms with Crippen molar-refractivity contribution in [3.05, 3.63) is 58.0 Å². The Labute approximate surface area is 157 Å². The maximum absolute atomic E-state index is 13.5. The van der Waals surface area contributed by atoms with Crippen molar-refractivity contribution in [1.29, 1.82) is 0 Å². The molecule has 1 unspecified atom stereocenters. The van der Waals surface area contributed by atoms with Crippen molar-refractivity contribution in [1.82, 2.24) is 4.90 Å². The minimum absolute atomic E-state index is 0.0159. The second-order valence-electron chi connectivity index (χ2n) is 8.06. The molecule has 1 aromatic heterocycles. The number of fused-ring (bicyclic) bond motifs is 1. The Balaban J connectivity index is 1.92. The fourth-order valence-corrected chi connectivity index (χ4v) is 3.62. The first-order valence-corrected chi connectivity index (χ1v) is 8.89. The van der Waals surface area contributed by atoms with Crippen molar-refractivity contribution in [2.45, 2.75) is 46.6 Å². The number of carbonyl (C=O) groups is 2. The van der Waals surface area contributed by atoms with Crippen molar-refractivity contribution in [2.24, 2.45) is 5.41 Å². The molecule has 0 saturated heterocycles. The number of amides is 1. The fraction of sp³-hybridized carbons (Fsp3) is 0.429. The average molecular weight is 375 g/mol. The second-order valence-corrected chi connectivity index (χ2v) is 8.06. The Morgan fingerprint density at radius 3 is 2.52 bits per heavy atom. The first-order valence-electron chi connectivity index (χ1n) is 8.89. The van der Waals surface area contributed by atoms with E-state index in [0.717, 1.165) is 12.1 Å². The van der Waals surface area contributed by atoms with Crippen LogP contribution >= 0.6 is 0 Å². The number of furan rings is 1. The molecule has 3 rings (SSSR count). The Kier molecular flexibility index (Phi) is 4.70. The number of halogens is 2. The van der Waals surface area contributed by atoms with Gasteiger partial charge in [0.1, 0.15) is 5.76 Å². The van der Waals surface area contributed by atoms with Crippen LogP contribution in [-0.4, -0.2) is 23.6 Å². The molecule has 0 bridgehead atoms. The Morgan fingerprint density at radius 2 is 1.89 bits per heavy atom. The molecular weight excluding hydrogens is 352 g/mol. The van der Waals surface area contributed by atoms with Crippen LogP contribution in [0.3, 0.4) is 0 Å². The highest BCUT2D eigenvalue weighted by molar-refractivity contribution is 6.03. The van der Waals surface area contributed by atoms with Crippen molar-refractivity contribution < 1.29 is 22.8 Å². The molecule has 144 valence electrons. The van der Waals surface area contributed by atoms with Crippen molar-refractivity contribution in [3.8, 4) is 0 Å². The summed E-state index contributed by atoms with van der Waals surface area (Å²) in [4.78, 5) is 26.9. The van der Waals surface area contributed by atoms with Gasteiger partial charge in [-0.2, -0.15) is 0 Å². The van der Waals surface area contributed by atoms with Gasteiger partial charge in [0.25, 0.3) is 5.91 Å². The molecule has 0 radical (unpaired) electrons. The van der Waals surface area contributed by atoms with E-state index in [1.165, 1.54) is 11.0 Å². The molecule has 0 N–H and O–H groups in total. The maximum atomic E-state index is 13.5. The third kappa shape index (κ3) is 3.40. The smallest absolute Gasteiger partial charge is 0.290 e. The largest absolute Gasteiger partial charge is 0.455 e. The lowest BCUT2D eigenvalue weighted by atomic mass is 9.76. The minimum Gasteiger partial charge on any atom is -0.455 e. The van der Waals surface area contributed by atoms with E-state index in [-0.39, 0.29) is 17.0 Å². The summed E-state index contributed by atoms with van der Waals surface area (Å²) < 4.78 is 32.5. The van der Waals surface area contributed by atoms with Gasteiger partial charge in [0.05, 0.1) is 11.6 Å². The number of hydrogen-bond donors (Lipinski definition) is 0. The summed E-state index contributed by atoms with van der Waals surface area (Å²) in [6.07, 6.45) is 1.000. The van der Waals surface area contributed by atoms with Crippen LogP contribution in [-0.2, 0) is 6.42 Å². The molecule has 27 heavy (non-hydrogen) atoms. The summed E-state index contributed by atoms with van der Waals surface area (Å²) in [6.45, 7) is 7.41. The monoisotopic (exact) mass is 375 g/mol. The Morgan fingerprint density at radius 1 is 1.22 bits per heavy atom. The second kappa shape index (κ2) is 6.59. The molecule has 2 aromatic rings. The first-order chi connectivity index (χ1) is 12.5. The van der Waals surface area contributed by atoms with Crippen LogP contribution in [0.1, 0.15) is 71.0 Å². The van der Waals surface area contributed by atoms with Gasteiger partial charge in [0.15, 0.2) is 23.2 Å². The number of rotatable bonds is 3. The van der Waals surface area contributed by atoms with Crippen LogP contribution in [0.5, 0.6) is 0 Å². The average Bonchev–Trinajstić information content (AvgIpc) is 2.90. The zero-order valence-corrected chi connectivity index (χ0v) is 16.2. The third-order valence-corrected chi connectivity index (χ3v) is 5.30. The molecular formula is C21H23F2NO3. The SMILES string of the molecule is Cc1c(C(=O)N(C)C(C)c2ccc(F)c(F)c2)oc2c1C(=O)CC(C)(C)C2. The van der Waals surface area contributed by atoms with Crippen molar-refractivity contribution >= 4 is 11.7 Å². The third-order valence-electron chi connectivity index (χ3n) is 5.30. The van der Waals surface area contributed by atoms with Crippen LogP contribution in [0.2, 0.25) is 0 Å². The van der Waals surface area contributed by atoms with Gasteiger partial charge in [-0.3, -0.25) is 9.59 Å². The Hall–Kier alpha value is -2.50. The van der Waals surface area contributed by atoms with Gasteiger partial charge in [-0.15, -0.1) is 0 Å². The Bertz CT molecular complexity index is 930. The highest BCUT2D eigenvalue weighted by Crippen LogP contribution is 2.39. The van der Waals surface area contributed by atoms with E-state index in [4.69, 9.17) is 4.42 Å². The summed E-state index contributed by atoms with van der Waals surface area (Å²) in [5.41, 5.74) is 1.31. The fourth-order valence-electron chi connectivity index (χ4n) is 3.62. The molecule has 0 spiro atoms. The molecule has 1 aromatic carbocycles. The van der Waals surface area contributed by atoms with Crippen LogP contribution in [0, 0.1) is 24.0 Å². The highest BCUT2D eigenvalue weighted by atomic mass is 19.2. The summed E-state index contributed by atoms with van der Waals surface area (Å²) in [7, 11) is 1.57. The van der Waals surface area contributed by atoms with E-state index < -0.39 is 23.6 Å². The van der Waals surface area contributed by atoms with Crippen LogP contribution in [0.15, 0.2) is 22.6 Å². The van der Waals surface area contributed by atoms with E-state index in [1.807, 2.05) is 13.8 Å². The van der Waals surface area contributed by atoms with Gasteiger partial charge in [-0.05, 0) is 37.0 Å². The number of nitrogens with zero attached hydrogens (tertiary/aromatic N) is 1. The quantitative estimate of drug-likeness (QED) is 0.770. The van der Waals surface area contributed by atoms with Gasteiger partial charge in [0, 0.05) is 25.5 Å². The van der Waals surface area contributed by atoms with E-state index in [9.17, 15) is 18.4 Å². The zero-order valence-electron chi connectivity index (χ0n) is 16.2. The predicted molar refractivity (Wildman–Crippen MR) is 96.7 cm³/mol. The number of Topliss-reactive ketones (excluding diaryl/α,β-unsaturated/α-hetero) is 1. The molecule has 1 amide bonds. The summed E-state index contributed by atoms with van der Waals surface area (Å²) in [6, 6.07) is 3.06. The predicted octanol–water partition coefficient (Wildman–Crippen LogP) is 4.85. The standard InChI is InChI=1S/C21H23F2NO3/c1-11-18-16(25)9-21(3,4)10-17(18)27-19(11)20(26)24(5)12(2)13-6-7-14(22)15(23)8-13/h6-8,12H,9-10H2,1-5H3.